The van der Waals surface area contributed by atoms with E-state index in [1.54, 1.807) is 14.2 Å². The molecule has 27 heavy (non-hydrogen) atoms. The van der Waals surface area contributed by atoms with Gasteiger partial charge in [-0.25, -0.2) is 4.98 Å². The Kier molecular flexibility index (Phi) is 5.78. The lowest BCUT2D eigenvalue weighted by atomic mass is 10.0. The summed E-state index contributed by atoms with van der Waals surface area (Å²) in [5.74, 6) is 1.34. The number of hydrogen-bond donors (Lipinski definition) is 1. The summed E-state index contributed by atoms with van der Waals surface area (Å²) in [6.45, 7) is 8.94. The normalized spacial score (nSPS) is 12.3. The Hall–Kier alpha value is -2.84. The van der Waals surface area contributed by atoms with E-state index in [-0.39, 0.29) is 11.9 Å². The van der Waals surface area contributed by atoms with Crippen LogP contribution < -0.4 is 9.47 Å². The second kappa shape index (κ2) is 8.24. The highest BCUT2D eigenvalue weighted by atomic mass is 32.1. The first-order chi connectivity index (χ1) is 13.1. The average molecular weight is 386 g/mol. The number of benzene rings is 1. The predicted molar refractivity (Wildman–Crippen MR) is 106 cm³/mol. The summed E-state index contributed by atoms with van der Waals surface area (Å²) in [6.07, 6.45) is 5.07. The van der Waals surface area contributed by atoms with Crippen LogP contribution in [0, 0.1) is 0 Å². The molecule has 142 valence electrons. The minimum Gasteiger partial charge on any atom is -0.493 e. The van der Waals surface area contributed by atoms with Gasteiger partial charge in [-0.1, -0.05) is 29.6 Å². The molecule has 3 aromatic rings. The van der Waals surface area contributed by atoms with E-state index in [0.717, 1.165) is 10.4 Å². The molecule has 1 N–H and O–H groups in total. The first kappa shape index (κ1) is 18.9. The number of aromatic nitrogens is 3. The van der Waals surface area contributed by atoms with Crippen LogP contribution in [-0.2, 0) is 0 Å². The van der Waals surface area contributed by atoms with Gasteiger partial charge in [-0.3, -0.25) is 4.90 Å². The molecule has 0 saturated heterocycles. The summed E-state index contributed by atoms with van der Waals surface area (Å²) in [5, 5.41) is 14.8. The summed E-state index contributed by atoms with van der Waals surface area (Å²) >= 11 is 1.39. The van der Waals surface area contributed by atoms with Crippen molar-refractivity contribution < 1.29 is 14.6 Å². The zero-order valence-electron chi connectivity index (χ0n) is 15.3. The molecule has 0 aliphatic rings. The Morgan fingerprint density at radius 2 is 1.93 bits per heavy atom. The van der Waals surface area contributed by atoms with Crippen molar-refractivity contribution in [2.45, 2.75) is 6.04 Å². The van der Waals surface area contributed by atoms with E-state index in [0.29, 0.717) is 29.5 Å². The predicted octanol–water partition coefficient (Wildman–Crippen LogP) is 3.28. The van der Waals surface area contributed by atoms with Gasteiger partial charge >= 0.3 is 0 Å². The molecule has 1 aromatic carbocycles. The molecular formula is C19H22N4O3S. The van der Waals surface area contributed by atoms with Crippen molar-refractivity contribution >= 4 is 16.3 Å². The molecule has 8 heteroatoms. The topological polar surface area (TPSA) is 72.1 Å². The molecule has 0 fully saturated rings. The maximum atomic E-state index is 10.8. The van der Waals surface area contributed by atoms with Crippen LogP contribution in [0.4, 0.5) is 0 Å². The number of methoxy groups -OCH3 is 2. The molecule has 7 nitrogen and oxygen atoms in total. The van der Waals surface area contributed by atoms with Crippen molar-refractivity contribution in [1.82, 2.24) is 19.5 Å². The molecular weight excluding hydrogens is 364 g/mol. The Morgan fingerprint density at radius 3 is 2.52 bits per heavy atom. The minimum absolute atomic E-state index is 0.0745. The van der Waals surface area contributed by atoms with Crippen LogP contribution in [0.15, 0.2) is 49.8 Å². The third kappa shape index (κ3) is 3.54. The first-order valence-corrected chi connectivity index (χ1v) is 9.15. The summed E-state index contributed by atoms with van der Waals surface area (Å²) in [6, 6.07) is 5.47. The van der Waals surface area contributed by atoms with E-state index in [2.05, 4.69) is 28.1 Å². The number of thiazole rings is 1. The van der Waals surface area contributed by atoms with Gasteiger partial charge in [0.15, 0.2) is 11.5 Å². The van der Waals surface area contributed by atoms with Gasteiger partial charge in [0.05, 0.1) is 25.1 Å². The van der Waals surface area contributed by atoms with Gasteiger partial charge < -0.3 is 14.6 Å². The summed E-state index contributed by atoms with van der Waals surface area (Å²) in [5.41, 5.74) is 0.941. The molecule has 0 saturated carbocycles. The van der Waals surface area contributed by atoms with Gasteiger partial charge in [0.25, 0.3) is 0 Å². The maximum absolute atomic E-state index is 10.8. The molecule has 1 unspecified atom stereocenters. The number of fused-ring (bicyclic) bond motifs is 1. The standard InChI is InChI=1S/C19H22N4O3S/c1-5-9-22(10-6-2)16(13-7-8-14(25-3)15(11-13)26-4)17-18(24)23-19(27-17)20-12-21-23/h5-8,11-12,16,24H,1-2,9-10H2,3-4H3. The quantitative estimate of drug-likeness (QED) is 0.569. The number of hydrogen-bond acceptors (Lipinski definition) is 7. The monoisotopic (exact) mass is 386 g/mol. The second-order valence-corrected chi connectivity index (χ2v) is 6.80. The fourth-order valence-corrected chi connectivity index (χ4v) is 4.13. The minimum atomic E-state index is -0.255. The fraction of sp³-hybridized carbons (Fsp3) is 0.263. The van der Waals surface area contributed by atoms with Crippen molar-refractivity contribution in [3.63, 3.8) is 0 Å². The molecule has 0 radical (unpaired) electrons. The largest absolute Gasteiger partial charge is 0.493 e. The van der Waals surface area contributed by atoms with E-state index in [1.807, 2.05) is 30.4 Å². The first-order valence-electron chi connectivity index (χ1n) is 8.33. The van der Waals surface area contributed by atoms with Crippen molar-refractivity contribution in [3.05, 3.63) is 60.3 Å². The van der Waals surface area contributed by atoms with Crippen molar-refractivity contribution in [1.29, 1.82) is 0 Å². The van der Waals surface area contributed by atoms with Crippen LogP contribution in [0.25, 0.3) is 4.96 Å². The average Bonchev–Trinajstić information content (AvgIpc) is 3.26. The lowest BCUT2D eigenvalue weighted by molar-refractivity contribution is 0.273. The van der Waals surface area contributed by atoms with E-state index in [1.165, 1.54) is 22.2 Å². The molecule has 0 amide bonds. The van der Waals surface area contributed by atoms with Gasteiger partial charge in [0.1, 0.15) is 6.33 Å². The zero-order chi connectivity index (χ0) is 19.4. The van der Waals surface area contributed by atoms with Crippen LogP contribution in [0.1, 0.15) is 16.5 Å². The van der Waals surface area contributed by atoms with Crippen molar-refractivity contribution in [2.75, 3.05) is 27.3 Å². The van der Waals surface area contributed by atoms with E-state index < -0.39 is 0 Å². The van der Waals surface area contributed by atoms with Crippen LogP contribution >= 0.6 is 11.3 Å². The lowest BCUT2D eigenvalue weighted by Gasteiger charge is -2.30. The van der Waals surface area contributed by atoms with Crippen LogP contribution in [0.3, 0.4) is 0 Å². The van der Waals surface area contributed by atoms with Gasteiger partial charge in [0, 0.05) is 13.1 Å². The number of aromatic hydroxyl groups is 1. The number of ether oxygens (including phenoxy) is 2. The van der Waals surface area contributed by atoms with Crippen LogP contribution in [0.5, 0.6) is 17.4 Å². The number of nitrogens with zero attached hydrogens (tertiary/aromatic N) is 4. The highest BCUT2D eigenvalue weighted by Crippen LogP contribution is 2.41. The second-order valence-electron chi connectivity index (χ2n) is 5.79. The smallest absolute Gasteiger partial charge is 0.230 e. The van der Waals surface area contributed by atoms with Crippen LogP contribution in [0.2, 0.25) is 0 Å². The molecule has 2 heterocycles. The fourth-order valence-electron chi connectivity index (χ4n) is 3.04. The SMILES string of the molecule is C=CCN(CC=C)C(c1ccc(OC)c(OC)c1)c1sc2ncnn2c1O. The molecule has 3 rings (SSSR count). The van der Waals surface area contributed by atoms with E-state index in [4.69, 9.17) is 9.47 Å². The Morgan fingerprint density at radius 1 is 1.22 bits per heavy atom. The molecule has 0 spiro atoms. The van der Waals surface area contributed by atoms with Gasteiger partial charge in [-0.15, -0.1) is 13.2 Å². The summed E-state index contributed by atoms with van der Waals surface area (Å²) in [7, 11) is 3.20. The molecule has 1 atom stereocenters. The van der Waals surface area contributed by atoms with Crippen LogP contribution in [-0.4, -0.2) is 51.9 Å². The van der Waals surface area contributed by atoms with Gasteiger partial charge in [-0.05, 0) is 17.7 Å². The van der Waals surface area contributed by atoms with Gasteiger partial charge in [-0.2, -0.15) is 9.61 Å². The Bertz CT molecular complexity index is 940. The van der Waals surface area contributed by atoms with E-state index >= 15 is 0 Å². The zero-order valence-corrected chi connectivity index (χ0v) is 16.1. The Labute approximate surface area is 161 Å². The summed E-state index contributed by atoms with van der Waals surface area (Å²) in [4.78, 5) is 7.71. The van der Waals surface area contributed by atoms with E-state index in [9.17, 15) is 5.11 Å². The maximum Gasteiger partial charge on any atom is 0.230 e. The molecule has 0 aliphatic carbocycles. The highest BCUT2D eigenvalue weighted by Gasteiger charge is 2.29. The summed E-state index contributed by atoms with van der Waals surface area (Å²) < 4.78 is 12.3. The Balaban J connectivity index is 2.17. The number of rotatable bonds is 9. The third-order valence-corrected chi connectivity index (χ3v) is 5.29. The van der Waals surface area contributed by atoms with Crippen molar-refractivity contribution in [3.8, 4) is 17.4 Å². The highest BCUT2D eigenvalue weighted by molar-refractivity contribution is 7.17. The molecule has 2 aromatic heterocycles. The molecule has 0 aliphatic heterocycles. The third-order valence-electron chi connectivity index (χ3n) is 4.20. The molecule has 0 bridgehead atoms. The lowest BCUT2D eigenvalue weighted by Crippen LogP contribution is -2.29. The van der Waals surface area contributed by atoms with Crippen molar-refractivity contribution in [2.24, 2.45) is 0 Å². The van der Waals surface area contributed by atoms with Gasteiger partial charge in [0.2, 0.25) is 10.8 Å².